The van der Waals surface area contributed by atoms with Gasteiger partial charge in [-0.05, 0) is 118 Å². The van der Waals surface area contributed by atoms with Gasteiger partial charge in [0.15, 0.2) is 25.0 Å². The third-order valence-corrected chi connectivity index (χ3v) is 28.2. The van der Waals surface area contributed by atoms with Crippen LogP contribution in [-0.2, 0) is 37.1 Å². The Labute approximate surface area is 367 Å². The smallest absolute Gasteiger partial charge is 0.297 e. The molecule has 0 fully saturated rings. The summed E-state index contributed by atoms with van der Waals surface area (Å²) in [4.78, 5) is 0.120. The third-order valence-electron chi connectivity index (χ3n) is 13.3. The number of hydrogen-bond acceptors (Lipinski definition) is 9. The van der Waals surface area contributed by atoms with Gasteiger partial charge in [0.05, 0.1) is 23.2 Å². The Balaban J connectivity index is 3.59. The number of hydrogen-bond donors (Lipinski definition) is 1. The van der Waals surface area contributed by atoms with E-state index in [9.17, 15) is 13.5 Å². The van der Waals surface area contributed by atoms with Gasteiger partial charge in [0.25, 0.3) is 10.1 Å². The molecule has 5 atom stereocenters. The average molecular weight is 906 g/mol. The van der Waals surface area contributed by atoms with E-state index >= 15 is 0 Å². The van der Waals surface area contributed by atoms with Gasteiger partial charge in [-0.2, -0.15) is 8.42 Å². The second-order valence-corrected chi connectivity index (χ2v) is 37.4. The van der Waals surface area contributed by atoms with Crippen LogP contribution in [0.5, 0.6) is 0 Å². The number of aliphatic hydroxyl groups is 1. The lowest BCUT2D eigenvalue weighted by atomic mass is 9.97. The number of aliphatic hydroxyl groups excluding tert-OH is 1. The SMILES string of the molecule is CCCC[C@@H](CCCCC[C@H](OCOC)[C@H](CC[C@@H](O[Si](C)(C)C(C)(C)C)[C@@H](CCCO)O[Si](C)(C)C(C)(C)C)OS(=O)(=O)c1ccc(C)cc1)O[Si](C)(C)C(C)(C)C. The van der Waals surface area contributed by atoms with Gasteiger partial charge in [0.1, 0.15) is 12.9 Å². The van der Waals surface area contributed by atoms with Crippen molar-refractivity contribution in [1.82, 2.24) is 0 Å². The lowest BCUT2D eigenvalue weighted by Gasteiger charge is -2.45. The summed E-state index contributed by atoms with van der Waals surface area (Å²) in [6, 6.07) is 6.80. The molecule has 13 heteroatoms. The Morgan fingerprint density at radius 2 is 1.03 bits per heavy atom. The van der Waals surface area contributed by atoms with E-state index in [4.69, 9.17) is 26.9 Å². The number of aryl methyl sites for hydroxylation is 1. The topological polar surface area (TPSA) is 110 Å². The number of unbranched alkanes of at least 4 members (excludes halogenated alkanes) is 3. The highest BCUT2D eigenvalue weighted by Gasteiger charge is 2.45. The molecule has 0 bridgehead atoms. The average Bonchev–Trinajstić information content (AvgIpc) is 3.09. The van der Waals surface area contributed by atoms with Gasteiger partial charge in [0.2, 0.25) is 0 Å². The highest BCUT2D eigenvalue weighted by atomic mass is 32.2. The van der Waals surface area contributed by atoms with Crippen molar-refractivity contribution >= 4 is 35.1 Å². The zero-order valence-electron chi connectivity index (χ0n) is 41.2. The number of benzene rings is 1. The molecular formula is C46H92O9SSi3. The van der Waals surface area contributed by atoms with Crippen LogP contribution < -0.4 is 0 Å². The molecule has 59 heavy (non-hydrogen) atoms. The molecule has 0 amide bonds. The van der Waals surface area contributed by atoms with Crippen LogP contribution >= 0.6 is 0 Å². The number of ether oxygens (including phenoxy) is 2. The van der Waals surface area contributed by atoms with E-state index in [-0.39, 0.29) is 51.7 Å². The van der Waals surface area contributed by atoms with Gasteiger partial charge < -0.3 is 27.9 Å². The van der Waals surface area contributed by atoms with E-state index in [2.05, 4.69) is 109 Å². The quantitative estimate of drug-likeness (QED) is 0.0364. The van der Waals surface area contributed by atoms with Gasteiger partial charge in [-0.3, -0.25) is 4.18 Å². The van der Waals surface area contributed by atoms with Gasteiger partial charge in [-0.25, -0.2) is 0 Å². The predicted octanol–water partition coefficient (Wildman–Crippen LogP) is 12.9. The minimum Gasteiger partial charge on any atom is -0.414 e. The number of rotatable bonds is 29. The fourth-order valence-electron chi connectivity index (χ4n) is 6.31. The summed E-state index contributed by atoms with van der Waals surface area (Å²) >= 11 is 0. The Morgan fingerprint density at radius 3 is 1.51 bits per heavy atom. The molecule has 0 radical (unpaired) electrons. The maximum Gasteiger partial charge on any atom is 0.297 e. The van der Waals surface area contributed by atoms with Crippen molar-refractivity contribution in [2.24, 2.45) is 0 Å². The predicted molar refractivity (Wildman–Crippen MR) is 254 cm³/mol. The molecule has 0 unspecified atom stereocenters. The summed E-state index contributed by atoms with van der Waals surface area (Å²) in [6.07, 6.45) is 8.21. The molecule has 1 aromatic rings. The number of methoxy groups -OCH3 is 1. The van der Waals surface area contributed by atoms with Crippen molar-refractivity contribution in [3.8, 4) is 0 Å². The van der Waals surface area contributed by atoms with Crippen LogP contribution in [0.3, 0.4) is 0 Å². The Morgan fingerprint density at radius 1 is 0.593 bits per heavy atom. The van der Waals surface area contributed by atoms with Crippen molar-refractivity contribution in [2.45, 2.75) is 243 Å². The maximum absolute atomic E-state index is 14.0. The van der Waals surface area contributed by atoms with Crippen molar-refractivity contribution in [3.05, 3.63) is 29.8 Å². The van der Waals surface area contributed by atoms with Gasteiger partial charge in [0, 0.05) is 19.8 Å². The normalized spacial score (nSPS) is 16.5. The van der Waals surface area contributed by atoms with Crippen molar-refractivity contribution in [1.29, 1.82) is 0 Å². The van der Waals surface area contributed by atoms with Crippen LogP contribution in [-0.4, -0.2) is 89.5 Å². The summed E-state index contributed by atoms with van der Waals surface area (Å²) < 4.78 is 67.5. The Kier molecular flexibility index (Phi) is 23.5. The largest absolute Gasteiger partial charge is 0.414 e. The molecule has 0 spiro atoms. The zero-order valence-corrected chi connectivity index (χ0v) is 45.0. The van der Waals surface area contributed by atoms with Crippen LogP contribution in [0.25, 0.3) is 0 Å². The van der Waals surface area contributed by atoms with Crippen molar-refractivity contribution in [2.75, 3.05) is 20.5 Å². The molecule has 0 aliphatic heterocycles. The summed E-state index contributed by atoms with van der Waals surface area (Å²) in [6.45, 7) is 38.2. The molecule has 0 heterocycles. The van der Waals surface area contributed by atoms with Crippen LogP contribution in [0.2, 0.25) is 54.4 Å². The van der Waals surface area contributed by atoms with Crippen LogP contribution in [0.1, 0.15) is 152 Å². The molecule has 1 aromatic carbocycles. The highest BCUT2D eigenvalue weighted by Crippen LogP contribution is 2.42. The van der Waals surface area contributed by atoms with E-state index in [1.54, 1.807) is 31.4 Å². The van der Waals surface area contributed by atoms with Gasteiger partial charge in [-0.15, -0.1) is 0 Å². The molecule has 0 aromatic heterocycles. The fourth-order valence-corrected chi connectivity index (χ4v) is 11.6. The Bertz CT molecular complexity index is 1410. The summed E-state index contributed by atoms with van der Waals surface area (Å²) in [5.74, 6) is 0. The molecule has 0 saturated heterocycles. The molecule has 0 saturated carbocycles. The lowest BCUT2D eigenvalue weighted by molar-refractivity contribution is -0.112. The first-order valence-electron chi connectivity index (χ1n) is 22.7. The minimum absolute atomic E-state index is 0.0199. The lowest BCUT2D eigenvalue weighted by Crippen LogP contribution is -2.52. The minimum atomic E-state index is -4.14. The van der Waals surface area contributed by atoms with Crippen LogP contribution in [0.4, 0.5) is 0 Å². The van der Waals surface area contributed by atoms with Crippen LogP contribution in [0, 0.1) is 6.92 Å². The molecular weight excluding hydrogens is 813 g/mol. The van der Waals surface area contributed by atoms with Crippen molar-refractivity contribution < 1.29 is 40.5 Å². The standard InChI is InChI=1S/C46H92O9SSi3/c1-19-20-25-38(53-57(13,14)44(3,4)5)26-22-21-23-27-40(51-36-50-12)41(52-56(48,49)39-31-29-37(2)30-32-39)33-34-43(55-59(17,18)46(9,10)11)42(28-24-35-47)54-58(15,16)45(6,7)8/h29-32,38,40-43,47H,19-28,33-36H2,1-18H3/t38-,40-,41-,42+,43+/m0/s1. The van der Waals surface area contributed by atoms with Crippen LogP contribution in [0.15, 0.2) is 29.2 Å². The molecule has 1 rings (SSSR count). The zero-order chi connectivity index (χ0) is 45.5. The first kappa shape index (κ1) is 56.6. The van der Waals surface area contributed by atoms with E-state index in [1.807, 2.05) is 6.92 Å². The van der Waals surface area contributed by atoms with Crippen molar-refractivity contribution in [3.63, 3.8) is 0 Å². The van der Waals surface area contributed by atoms with E-state index in [0.717, 1.165) is 50.5 Å². The molecule has 348 valence electrons. The van der Waals surface area contributed by atoms with E-state index < -0.39 is 47.3 Å². The molecule has 1 N–H and O–H groups in total. The van der Waals surface area contributed by atoms with E-state index in [1.165, 1.54) is 0 Å². The fraction of sp³-hybridized carbons (Fsp3) is 0.870. The summed E-state index contributed by atoms with van der Waals surface area (Å²) in [7, 11) is -9.07. The summed E-state index contributed by atoms with van der Waals surface area (Å²) in [5, 5.41) is 10.1. The Hall–Kier alpha value is -0.459. The van der Waals surface area contributed by atoms with Gasteiger partial charge >= 0.3 is 0 Å². The molecule has 0 aliphatic carbocycles. The highest BCUT2D eigenvalue weighted by molar-refractivity contribution is 7.86. The van der Waals surface area contributed by atoms with Gasteiger partial charge in [-0.1, -0.05) is 119 Å². The second-order valence-electron chi connectivity index (χ2n) is 21.6. The first-order chi connectivity index (χ1) is 26.9. The van der Waals surface area contributed by atoms with E-state index in [0.29, 0.717) is 32.1 Å². The monoisotopic (exact) mass is 905 g/mol. The first-order valence-corrected chi connectivity index (χ1v) is 32.8. The third kappa shape index (κ3) is 19.4. The maximum atomic E-state index is 14.0. The molecule has 0 aliphatic rings. The molecule has 9 nitrogen and oxygen atoms in total. The summed E-state index contributed by atoms with van der Waals surface area (Å²) in [5.41, 5.74) is 0.967. The second kappa shape index (κ2) is 24.6.